The third-order valence-electron chi connectivity index (χ3n) is 6.56. The Morgan fingerprint density at radius 2 is 0.964 bits per heavy atom. The molecule has 0 radical (unpaired) electrons. The van der Waals surface area contributed by atoms with Crippen LogP contribution in [-0.4, -0.2) is 10.2 Å². The Hall–Kier alpha value is -1.96. The topological polar surface area (TPSA) is 40.5 Å². The molecule has 2 aromatic carbocycles. The van der Waals surface area contributed by atoms with Crippen LogP contribution in [0, 0.1) is 13.8 Å². The van der Waals surface area contributed by atoms with Crippen LogP contribution in [-0.2, 0) is 23.7 Å². The average molecular weight is 383 g/mol. The third-order valence-corrected chi connectivity index (χ3v) is 6.56. The minimum absolute atomic E-state index is 0.0609. The molecule has 28 heavy (non-hydrogen) atoms. The van der Waals surface area contributed by atoms with E-state index in [0.29, 0.717) is 24.3 Å². The lowest BCUT2D eigenvalue weighted by Crippen LogP contribution is -2.17. The van der Waals surface area contributed by atoms with Crippen LogP contribution in [0.5, 0.6) is 11.5 Å². The maximum absolute atomic E-state index is 10.9. The molecule has 0 saturated carbocycles. The summed E-state index contributed by atoms with van der Waals surface area (Å²) in [6.45, 7) is 17.2. The van der Waals surface area contributed by atoms with Gasteiger partial charge >= 0.3 is 0 Å². The van der Waals surface area contributed by atoms with Gasteiger partial charge in [0.15, 0.2) is 0 Å². The molecule has 0 saturated heterocycles. The zero-order valence-corrected chi connectivity index (χ0v) is 19.0. The predicted molar refractivity (Wildman–Crippen MR) is 120 cm³/mol. The summed E-state index contributed by atoms with van der Waals surface area (Å²) in [6.07, 6.45) is 3.36. The van der Waals surface area contributed by atoms with Gasteiger partial charge in [-0.3, -0.25) is 0 Å². The molecule has 0 amide bonds. The highest BCUT2D eigenvalue weighted by atomic mass is 16.3. The van der Waals surface area contributed by atoms with E-state index >= 15 is 0 Å². The molecule has 0 bridgehead atoms. The van der Waals surface area contributed by atoms with Crippen LogP contribution in [0.2, 0.25) is 0 Å². The fourth-order valence-corrected chi connectivity index (χ4v) is 3.77. The first kappa shape index (κ1) is 22.3. The minimum atomic E-state index is -0.0609. The number of aryl methyl sites for hydroxylation is 4. The largest absolute Gasteiger partial charge is 0.507 e. The lowest BCUT2D eigenvalue weighted by atomic mass is 9.79. The molecule has 2 nitrogen and oxygen atoms in total. The van der Waals surface area contributed by atoms with E-state index in [1.165, 1.54) is 11.1 Å². The van der Waals surface area contributed by atoms with E-state index in [0.717, 1.165) is 35.1 Å². The van der Waals surface area contributed by atoms with Crippen molar-refractivity contribution in [2.24, 2.45) is 0 Å². The number of phenols is 2. The molecule has 0 aliphatic heterocycles. The summed E-state index contributed by atoms with van der Waals surface area (Å²) in [4.78, 5) is 0. The summed E-state index contributed by atoms with van der Waals surface area (Å²) in [5, 5.41) is 21.9. The van der Waals surface area contributed by atoms with Crippen molar-refractivity contribution in [3.63, 3.8) is 0 Å². The van der Waals surface area contributed by atoms with E-state index in [2.05, 4.69) is 79.7 Å². The van der Waals surface area contributed by atoms with Gasteiger partial charge in [0.25, 0.3) is 0 Å². The average Bonchev–Trinajstić information content (AvgIpc) is 2.63. The first-order chi connectivity index (χ1) is 12.9. The van der Waals surface area contributed by atoms with Crippen LogP contribution in [0.1, 0.15) is 87.8 Å². The van der Waals surface area contributed by atoms with Gasteiger partial charge in [0, 0.05) is 11.1 Å². The van der Waals surface area contributed by atoms with Crippen molar-refractivity contribution in [2.75, 3.05) is 0 Å². The molecule has 2 aromatic rings. The van der Waals surface area contributed by atoms with Crippen LogP contribution in [0.25, 0.3) is 0 Å². The Morgan fingerprint density at radius 1 is 0.643 bits per heavy atom. The van der Waals surface area contributed by atoms with E-state index in [1.54, 1.807) is 0 Å². The molecule has 0 aliphatic rings. The van der Waals surface area contributed by atoms with Gasteiger partial charge in [-0.15, -0.1) is 0 Å². The molecular weight excluding hydrogens is 344 g/mol. The third kappa shape index (κ3) is 4.54. The summed E-state index contributed by atoms with van der Waals surface area (Å²) in [7, 11) is 0. The van der Waals surface area contributed by atoms with Crippen molar-refractivity contribution in [1.29, 1.82) is 0 Å². The van der Waals surface area contributed by atoms with Crippen LogP contribution in [0.3, 0.4) is 0 Å². The van der Waals surface area contributed by atoms with Gasteiger partial charge in [0.05, 0.1) is 0 Å². The molecule has 0 fully saturated rings. The minimum Gasteiger partial charge on any atom is -0.507 e. The maximum atomic E-state index is 10.9. The molecule has 0 aliphatic carbocycles. The summed E-state index contributed by atoms with van der Waals surface area (Å²) in [5.74, 6) is 0.831. The lowest BCUT2D eigenvalue weighted by Gasteiger charge is -2.27. The van der Waals surface area contributed by atoms with E-state index in [1.807, 2.05) is 0 Å². The molecule has 0 spiro atoms. The van der Waals surface area contributed by atoms with Crippen LogP contribution in [0.4, 0.5) is 0 Å². The lowest BCUT2D eigenvalue weighted by molar-refractivity contribution is 0.419. The SMILES string of the molecule is CCC(C)(C)c1cc(C)cc(CCc2cc(C)cc(C(C)(C)CC)c2O)c1O. The molecule has 0 unspecified atom stereocenters. The number of rotatable bonds is 7. The highest BCUT2D eigenvalue weighted by Gasteiger charge is 2.25. The molecule has 0 atom stereocenters. The molecule has 2 N–H and O–H groups in total. The van der Waals surface area contributed by atoms with E-state index < -0.39 is 0 Å². The summed E-state index contributed by atoms with van der Waals surface area (Å²) in [5.41, 5.74) is 6.19. The number of aromatic hydroxyl groups is 2. The molecule has 2 heteroatoms. The first-order valence-electron chi connectivity index (χ1n) is 10.6. The number of hydrogen-bond acceptors (Lipinski definition) is 2. The molecule has 154 valence electrons. The van der Waals surface area contributed by atoms with Gasteiger partial charge in [-0.05, 0) is 61.5 Å². The Labute approximate surface area is 171 Å². The zero-order chi connectivity index (χ0) is 21.3. The van der Waals surface area contributed by atoms with Crippen LogP contribution >= 0.6 is 0 Å². The van der Waals surface area contributed by atoms with E-state index in [-0.39, 0.29) is 10.8 Å². The quantitative estimate of drug-likeness (QED) is 0.548. The standard InChI is InChI=1S/C26H38O2/c1-9-25(5,6)21-15-17(3)13-19(23(21)27)11-12-20-14-18(4)16-22(24(20)28)26(7,8)10-2/h13-16,27-28H,9-12H2,1-8H3. The highest BCUT2D eigenvalue weighted by Crippen LogP contribution is 2.39. The summed E-state index contributed by atoms with van der Waals surface area (Å²) < 4.78 is 0. The van der Waals surface area contributed by atoms with Crippen molar-refractivity contribution in [3.05, 3.63) is 57.6 Å². The van der Waals surface area contributed by atoms with Crippen LogP contribution < -0.4 is 0 Å². The smallest absolute Gasteiger partial charge is 0.122 e. The Balaban J connectivity index is 2.40. The molecule has 2 rings (SSSR count). The van der Waals surface area contributed by atoms with Gasteiger partial charge in [0.2, 0.25) is 0 Å². The van der Waals surface area contributed by atoms with E-state index in [4.69, 9.17) is 0 Å². The van der Waals surface area contributed by atoms with Crippen molar-refractivity contribution in [2.45, 2.75) is 91.9 Å². The maximum Gasteiger partial charge on any atom is 0.122 e. The summed E-state index contributed by atoms with van der Waals surface area (Å²) in [6, 6.07) is 8.37. The second-order valence-corrected chi connectivity index (χ2v) is 9.62. The van der Waals surface area contributed by atoms with Crippen molar-refractivity contribution >= 4 is 0 Å². The van der Waals surface area contributed by atoms with E-state index in [9.17, 15) is 10.2 Å². The Bertz CT molecular complexity index is 772. The van der Waals surface area contributed by atoms with Gasteiger partial charge in [-0.1, -0.05) is 76.9 Å². The fraction of sp³-hybridized carbons (Fsp3) is 0.538. The van der Waals surface area contributed by atoms with Crippen molar-refractivity contribution in [3.8, 4) is 11.5 Å². The highest BCUT2D eigenvalue weighted by molar-refractivity contribution is 5.50. The summed E-state index contributed by atoms with van der Waals surface area (Å²) >= 11 is 0. The normalized spacial score (nSPS) is 12.4. The van der Waals surface area contributed by atoms with Gasteiger partial charge < -0.3 is 10.2 Å². The van der Waals surface area contributed by atoms with Crippen molar-refractivity contribution in [1.82, 2.24) is 0 Å². The van der Waals surface area contributed by atoms with Gasteiger partial charge in [0.1, 0.15) is 11.5 Å². The first-order valence-corrected chi connectivity index (χ1v) is 10.6. The molecule has 0 aromatic heterocycles. The second kappa shape index (κ2) is 8.19. The number of benzene rings is 2. The fourth-order valence-electron chi connectivity index (χ4n) is 3.77. The monoisotopic (exact) mass is 382 g/mol. The Morgan fingerprint density at radius 3 is 1.25 bits per heavy atom. The Kier molecular flexibility index (Phi) is 6.53. The molecular formula is C26H38O2. The zero-order valence-electron chi connectivity index (χ0n) is 19.0. The van der Waals surface area contributed by atoms with Gasteiger partial charge in [-0.25, -0.2) is 0 Å². The van der Waals surface area contributed by atoms with Crippen LogP contribution in [0.15, 0.2) is 24.3 Å². The van der Waals surface area contributed by atoms with Crippen molar-refractivity contribution < 1.29 is 10.2 Å². The number of hydrogen-bond donors (Lipinski definition) is 2. The van der Waals surface area contributed by atoms with Gasteiger partial charge in [-0.2, -0.15) is 0 Å². The molecule has 0 heterocycles. The predicted octanol–water partition coefficient (Wildman–Crippen LogP) is 6.88. The number of phenolic OH excluding ortho intramolecular Hbond substituents is 2. The second-order valence-electron chi connectivity index (χ2n) is 9.62.